The van der Waals surface area contributed by atoms with Crippen LogP contribution in [-0.4, -0.2) is 34.6 Å². The number of nitrogens with zero attached hydrogens (tertiary/aromatic N) is 1. The van der Waals surface area contributed by atoms with Gasteiger partial charge in [0.05, 0.1) is 6.07 Å². The molecule has 0 unspecified atom stereocenters. The van der Waals surface area contributed by atoms with Crippen molar-refractivity contribution in [1.29, 1.82) is 5.26 Å². The summed E-state index contributed by atoms with van der Waals surface area (Å²) >= 11 is 0. The lowest BCUT2D eigenvalue weighted by Crippen LogP contribution is -2.48. The number of ether oxygens (including phenoxy) is 1. The number of aliphatic hydroxyl groups is 1. The first-order valence-electron chi connectivity index (χ1n) is 8.98. The largest absolute Gasteiger partial charge is 0.458 e. The Morgan fingerprint density at radius 2 is 1.73 bits per heavy atom. The van der Waals surface area contributed by atoms with E-state index in [-0.39, 0.29) is 27.7 Å². The Morgan fingerprint density at radius 3 is 2.33 bits per heavy atom. The average molecular weight is 421 g/mol. The Balaban J connectivity index is 1.95. The minimum atomic E-state index is -4.91. The molecule has 0 fully saturated rings. The summed E-state index contributed by atoms with van der Waals surface area (Å²) < 4.78 is 92.1. The highest BCUT2D eigenvalue weighted by molar-refractivity contribution is 6.47. The Bertz CT molecular complexity index is 1170. The molecule has 12 heteroatoms. The van der Waals surface area contributed by atoms with Gasteiger partial charge >= 0.3 is 11.8 Å². The fourth-order valence-corrected chi connectivity index (χ4v) is 4.48. The molecule has 3 nitrogen and oxygen atoms in total. The van der Waals surface area contributed by atoms with Crippen LogP contribution in [0.15, 0.2) is 12.1 Å². The lowest BCUT2D eigenvalue weighted by molar-refractivity contribution is -0.287. The summed E-state index contributed by atoms with van der Waals surface area (Å²) in [6.45, 7) is 0. The van der Waals surface area contributed by atoms with Crippen LogP contribution in [0.3, 0.4) is 0 Å². The molecule has 0 heterocycles. The molecule has 2 atom stereocenters. The first kappa shape index (κ1) is 20.7. The average Bonchev–Trinajstić information content (AvgIpc) is 3.01. The molecule has 2 aliphatic rings. The maximum absolute atomic E-state index is 14.7. The molecular weight excluding hydrogens is 409 g/mol. The number of rotatable bonds is 2. The van der Waals surface area contributed by atoms with Gasteiger partial charge in [0.1, 0.15) is 47.0 Å². The van der Waals surface area contributed by atoms with E-state index in [0.717, 1.165) is 6.07 Å². The lowest BCUT2D eigenvalue weighted by Gasteiger charge is -2.30. The van der Waals surface area contributed by atoms with E-state index in [4.69, 9.17) is 4.74 Å². The molecule has 0 amide bonds. The number of benzene rings is 2. The van der Waals surface area contributed by atoms with Crippen molar-refractivity contribution in [3.63, 3.8) is 0 Å². The minimum absolute atomic E-state index is 0.0166. The molecule has 1 N–H and O–H groups in total. The van der Waals surface area contributed by atoms with Gasteiger partial charge in [-0.25, -0.2) is 8.78 Å². The quantitative estimate of drug-likeness (QED) is 0.532. The highest BCUT2D eigenvalue weighted by Crippen LogP contribution is 2.68. The van der Waals surface area contributed by atoms with Crippen LogP contribution < -0.4 is 21.1 Å². The van der Waals surface area contributed by atoms with E-state index in [2.05, 4.69) is 0 Å². The normalized spacial score (nSPS) is 25.1. The molecule has 0 aliphatic heterocycles. The summed E-state index contributed by atoms with van der Waals surface area (Å²) in [6.07, 6.45) is -3.46. The van der Waals surface area contributed by atoms with Crippen molar-refractivity contribution in [2.75, 3.05) is 0 Å². The van der Waals surface area contributed by atoms with Gasteiger partial charge in [-0.1, -0.05) is 0 Å². The lowest BCUT2D eigenvalue weighted by atomic mass is 9.75. The zero-order valence-electron chi connectivity index (χ0n) is 16.0. The fourth-order valence-electron chi connectivity index (χ4n) is 4.48. The van der Waals surface area contributed by atoms with Crippen LogP contribution in [0.25, 0.3) is 0 Å². The molecule has 2 aromatic rings. The van der Waals surface area contributed by atoms with Gasteiger partial charge in [-0.2, -0.15) is 22.8 Å². The molecule has 0 spiro atoms. The minimum Gasteiger partial charge on any atom is -0.458 e. The number of halogens is 6. The summed E-state index contributed by atoms with van der Waals surface area (Å²) in [6, 6.07) is 3.38. The van der Waals surface area contributed by atoms with Gasteiger partial charge in [0.2, 0.25) is 0 Å². The molecule has 152 valence electrons. The smallest absolute Gasteiger partial charge is 0.346 e. The van der Waals surface area contributed by atoms with Crippen molar-refractivity contribution in [3.8, 4) is 17.6 Å². The Labute approximate surface area is 169 Å². The number of nitriles is 1. The summed E-state index contributed by atoms with van der Waals surface area (Å²) in [5, 5.41) is 19.7. The van der Waals surface area contributed by atoms with Crippen LogP contribution in [-0.2, 0) is 11.5 Å². The second-order valence-electron chi connectivity index (χ2n) is 7.69. The summed E-state index contributed by atoms with van der Waals surface area (Å²) in [7, 11) is 4.21. The maximum atomic E-state index is 14.7. The third-order valence-corrected chi connectivity index (χ3v) is 6.07. The Hall–Kier alpha value is -2.54. The number of hydrogen-bond donors (Lipinski definition) is 1. The molecule has 0 saturated carbocycles. The van der Waals surface area contributed by atoms with Crippen molar-refractivity contribution in [2.45, 2.75) is 30.0 Å². The van der Waals surface area contributed by atoms with E-state index in [1.54, 1.807) is 0 Å². The van der Waals surface area contributed by atoms with Gasteiger partial charge in [0.15, 0.2) is 5.60 Å². The summed E-state index contributed by atoms with van der Waals surface area (Å²) in [4.78, 5) is 0. The van der Waals surface area contributed by atoms with Crippen LogP contribution in [0.1, 0.15) is 34.8 Å². The van der Waals surface area contributed by atoms with Crippen LogP contribution in [0.4, 0.5) is 26.3 Å². The van der Waals surface area contributed by atoms with Crippen molar-refractivity contribution >= 4 is 39.9 Å². The molecule has 0 saturated heterocycles. The molecule has 2 aliphatic carbocycles. The number of hydrogen-bond acceptors (Lipinski definition) is 3. The molecule has 0 radical (unpaired) electrons. The van der Waals surface area contributed by atoms with Gasteiger partial charge in [-0.3, -0.25) is 0 Å². The van der Waals surface area contributed by atoms with Gasteiger partial charge in [-0.15, -0.1) is 0 Å². The van der Waals surface area contributed by atoms with Crippen molar-refractivity contribution in [3.05, 3.63) is 40.2 Å². The van der Waals surface area contributed by atoms with Gasteiger partial charge < -0.3 is 9.84 Å². The predicted octanol–water partition coefficient (Wildman–Crippen LogP) is -0.393. The second-order valence-corrected chi connectivity index (χ2v) is 7.69. The van der Waals surface area contributed by atoms with Crippen LogP contribution in [0, 0.1) is 17.1 Å². The van der Waals surface area contributed by atoms with E-state index in [1.807, 2.05) is 6.07 Å². The Kier molecular flexibility index (Phi) is 4.15. The highest BCUT2D eigenvalue weighted by Gasteiger charge is 2.79. The van der Waals surface area contributed by atoms with E-state index >= 15 is 0 Å². The van der Waals surface area contributed by atoms with Crippen LogP contribution in [0.5, 0.6) is 11.5 Å². The molecule has 0 aromatic heterocycles. The van der Waals surface area contributed by atoms with Crippen LogP contribution in [0.2, 0.25) is 0 Å². The zero-order valence-corrected chi connectivity index (χ0v) is 16.0. The van der Waals surface area contributed by atoms with Gasteiger partial charge in [0.25, 0.3) is 0 Å². The first-order chi connectivity index (χ1) is 13.8. The van der Waals surface area contributed by atoms with E-state index in [0.29, 0.717) is 6.07 Å². The third-order valence-electron chi connectivity index (χ3n) is 6.07. The molecule has 4 rings (SSSR count). The van der Waals surface area contributed by atoms with E-state index < -0.39 is 58.3 Å². The molecule has 2 aromatic carbocycles. The van der Waals surface area contributed by atoms with Crippen LogP contribution >= 0.6 is 0 Å². The van der Waals surface area contributed by atoms with E-state index in [1.165, 1.54) is 23.5 Å². The number of alkyl halides is 5. The fraction of sp³-hybridized carbons (Fsp3) is 0.278. The molecule has 30 heavy (non-hydrogen) atoms. The standard InChI is InChI=1S/C18H12B3F6NO2/c19-11-5(4-28)12(20)15(13(21)14(11)23)30-8-2-1-6-10-9(8)7(22)3-16(10,29)18(26,27)17(6,24)25/h1-2,7,29H,3,19-21H2/t7-,16+/m0/s1. The SMILES string of the molecule is Bc1c(F)c(B)c(Oc2ccc3c4c2[C@@H](F)C[C@]4(O)C(F)(F)C3(F)F)c(B)c1C#N. The third kappa shape index (κ3) is 2.19. The zero-order chi connectivity index (χ0) is 22.4. The highest BCUT2D eigenvalue weighted by atomic mass is 19.3. The van der Waals surface area contributed by atoms with E-state index in [9.17, 15) is 36.7 Å². The first-order valence-corrected chi connectivity index (χ1v) is 8.98. The van der Waals surface area contributed by atoms with Gasteiger partial charge in [0, 0.05) is 28.7 Å². The second kappa shape index (κ2) is 6.00. The Morgan fingerprint density at radius 1 is 1.10 bits per heavy atom. The summed E-state index contributed by atoms with van der Waals surface area (Å²) in [5.74, 6) is -10.9. The van der Waals surface area contributed by atoms with Crippen molar-refractivity contribution in [1.82, 2.24) is 0 Å². The van der Waals surface area contributed by atoms with Crippen molar-refractivity contribution in [2.24, 2.45) is 0 Å². The predicted molar refractivity (Wildman–Crippen MR) is 103 cm³/mol. The monoisotopic (exact) mass is 421 g/mol. The summed E-state index contributed by atoms with van der Waals surface area (Å²) in [5.41, 5.74) is -5.81. The van der Waals surface area contributed by atoms with Crippen molar-refractivity contribution < 1.29 is 36.2 Å². The maximum Gasteiger partial charge on any atom is 0.346 e. The molecular formula is C18H12B3F6NO2. The van der Waals surface area contributed by atoms with Gasteiger partial charge in [-0.05, 0) is 28.5 Å². The molecule has 0 bridgehead atoms. The topological polar surface area (TPSA) is 53.2 Å².